The Labute approximate surface area is 77.5 Å². The van der Waals surface area contributed by atoms with Gasteiger partial charge in [0.2, 0.25) is 19.0 Å². The Balaban J connectivity index is 3.27. The third-order valence-electron chi connectivity index (χ3n) is 1.60. The van der Waals surface area contributed by atoms with Gasteiger partial charge in [0.15, 0.2) is 5.75 Å². The summed E-state index contributed by atoms with van der Waals surface area (Å²) < 4.78 is 9.99. The second-order valence-electron chi connectivity index (χ2n) is 2.31. The molecule has 1 N–H and O–H groups in total. The molecule has 0 aromatic heterocycles. The largest absolute Gasteiger partial charge is 0.608 e. The molecule has 1 aromatic rings. The van der Waals surface area contributed by atoms with Crippen LogP contribution in [0.1, 0.15) is 0 Å². The zero-order valence-electron chi connectivity index (χ0n) is 7.40. The molecular weight excluding hydrogens is 189 g/mol. The van der Waals surface area contributed by atoms with E-state index in [2.05, 4.69) is 0 Å². The molecule has 0 aliphatic carbocycles. The highest BCUT2D eigenvalue weighted by Crippen LogP contribution is 2.29. The standard InChI is InChI=1S/C8H10NO3P/c1-11-6-4-3-5-7(13(9)10)8(6)12-2/h3-5,9H,1-2H3. The third kappa shape index (κ3) is 1.97. The Bertz CT molecular complexity index is 327. The molecule has 1 aromatic carbocycles. The van der Waals surface area contributed by atoms with Crippen molar-refractivity contribution in [1.82, 2.24) is 0 Å². The highest BCUT2D eigenvalue weighted by Gasteiger charge is 2.15. The zero-order chi connectivity index (χ0) is 9.84. The minimum atomic E-state index is -2.15. The van der Waals surface area contributed by atoms with Crippen molar-refractivity contribution >= 4 is 13.2 Å². The van der Waals surface area contributed by atoms with E-state index in [4.69, 9.17) is 14.6 Å². The van der Waals surface area contributed by atoms with Gasteiger partial charge in [0.1, 0.15) is 0 Å². The lowest BCUT2D eigenvalue weighted by atomic mass is 10.3. The van der Waals surface area contributed by atoms with Crippen LogP contribution in [0.2, 0.25) is 0 Å². The molecule has 5 heteroatoms. The Kier molecular flexibility index (Phi) is 3.23. The lowest BCUT2D eigenvalue weighted by molar-refractivity contribution is -0.153. The van der Waals surface area contributed by atoms with Crippen LogP contribution in [0.25, 0.3) is 0 Å². The summed E-state index contributed by atoms with van der Waals surface area (Å²) in [7, 11) is 0.808. The van der Waals surface area contributed by atoms with Crippen molar-refractivity contribution in [1.29, 1.82) is 5.16 Å². The molecule has 0 amide bonds. The average Bonchev–Trinajstić information content (AvgIpc) is 2.16. The number of hydrogen-bond donors (Lipinski definition) is 1. The number of methoxy groups -OCH3 is 2. The van der Waals surface area contributed by atoms with Crippen molar-refractivity contribution < 1.29 is 14.4 Å². The van der Waals surface area contributed by atoms with Gasteiger partial charge in [-0.2, -0.15) is 0 Å². The molecule has 0 aliphatic rings. The predicted octanol–water partition coefficient (Wildman–Crippen LogP) is 0.849. The van der Waals surface area contributed by atoms with Crippen molar-refractivity contribution in [3.05, 3.63) is 18.2 Å². The van der Waals surface area contributed by atoms with E-state index in [0.29, 0.717) is 16.8 Å². The first-order valence-corrected chi connectivity index (χ1v) is 4.86. The first-order valence-electron chi connectivity index (χ1n) is 3.60. The number of benzene rings is 1. The Morgan fingerprint density at radius 1 is 1.31 bits per heavy atom. The van der Waals surface area contributed by atoms with E-state index in [1.54, 1.807) is 18.2 Å². The van der Waals surface area contributed by atoms with Gasteiger partial charge in [-0.3, -0.25) is 0 Å². The van der Waals surface area contributed by atoms with E-state index in [9.17, 15) is 4.89 Å². The number of nitrogens with one attached hydrogen (secondary N) is 1. The van der Waals surface area contributed by atoms with Crippen LogP contribution in [0.5, 0.6) is 11.5 Å². The van der Waals surface area contributed by atoms with Gasteiger partial charge < -0.3 is 14.4 Å². The van der Waals surface area contributed by atoms with Gasteiger partial charge >= 0.3 is 0 Å². The fourth-order valence-electron chi connectivity index (χ4n) is 1.03. The molecule has 0 radical (unpaired) electrons. The van der Waals surface area contributed by atoms with Gasteiger partial charge in [-0.1, -0.05) is 6.07 Å². The minimum Gasteiger partial charge on any atom is -0.608 e. The van der Waals surface area contributed by atoms with Gasteiger partial charge in [-0.05, 0) is 12.1 Å². The van der Waals surface area contributed by atoms with Crippen LogP contribution in [0.15, 0.2) is 18.2 Å². The van der Waals surface area contributed by atoms with Crippen LogP contribution < -0.4 is 19.7 Å². The van der Waals surface area contributed by atoms with Gasteiger partial charge in [0.05, 0.1) is 14.2 Å². The molecule has 13 heavy (non-hydrogen) atoms. The van der Waals surface area contributed by atoms with Gasteiger partial charge in [-0.25, -0.2) is 0 Å². The molecule has 70 valence electrons. The summed E-state index contributed by atoms with van der Waals surface area (Å²) >= 11 is 0. The van der Waals surface area contributed by atoms with Crippen molar-refractivity contribution in [2.75, 3.05) is 14.2 Å². The summed E-state index contributed by atoms with van der Waals surface area (Å²) in [6.45, 7) is 0. The number of rotatable bonds is 3. The van der Waals surface area contributed by atoms with E-state index < -0.39 is 7.94 Å². The molecule has 1 rings (SSSR count). The first kappa shape index (κ1) is 9.96. The summed E-state index contributed by atoms with van der Waals surface area (Å²) in [5, 5.41) is 7.47. The van der Waals surface area contributed by atoms with Crippen LogP contribution in [0.3, 0.4) is 0 Å². The maximum atomic E-state index is 11.0. The van der Waals surface area contributed by atoms with Gasteiger partial charge in [0, 0.05) is 0 Å². The molecule has 0 bridgehead atoms. The lowest BCUT2D eigenvalue weighted by Gasteiger charge is -2.07. The fraction of sp³-hybridized carbons (Fsp3) is 0.250. The van der Waals surface area contributed by atoms with E-state index in [0.717, 1.165) is 0 Å². The SMILES string of the molecule is COc1cccc([P+](=N)[O-])c1OC. The van der Waals surface area contributed by atoms with E-state index in [1.807, 2.05) is 0 Å². The summed E-state index contributed by atoms with van der Waals surface area (Å²) in [6, 6.07) is 4.96. The predicted molar refractivity (Wildman–Crippen MR) is 48.8 cm³/mol. The Morgan fingerprint density at radius 3 is 2.46 bits per heavy atom. The van der Waals surface area contributed by atoms with Gasteiger partial charge in [0.25, 0.3) is 0 Å². The minimum absolute atomic E-state index is 0.358. The maximum absolute atomic E-state index is 11.0. The van der Waals surface area contributed by atoms with Crippen molar-refractivity contribution in [3.8, 4) is 11.5 Å². The van der Waals surface area contributed by atoms with Crippen LogP contribution in [-0.2, 0) is 0 Å². The van der Waals surface area contributed by atoms with Crippen LogP contribution >= 0.6 is 7.94 Å². The van der Waals surface area contributed by atoms with Crippen LogP contribution in [0, 0.1) is 5.16 Å². The molecule has 0 saturated carbocycles. The molecule has 0 fully saturated rings. The van der Waals surface area contributed by atoms with E-state index in [1.165, 1.54) is 14.2 Å². The molecule has 1 unspecified atom stereocenters. The molecule has 0 saturated heterocycles. The monoisotopic (exact) mass is 199 g/mol. The highest BCUT2D eigenvalue weighted by atomic mass is 31.1. The normalized spacial score (nSPS) is 10.8. The molecular formula is C8H10NO3P. The van der Waals surface area contributed by atoms with Crippen LogP contribution in [-0.4, -0.2) is 14.2 Å². The summed E-state index contributed by atoms with van der Waals surface area (Å²) in [6.07, 6.45) is 0. The third-order valence-corrected chi connectivity index (χ3v) is 2.39. The molecule has 0 aliphatic heterocycles. The van der Waals surface area contributed by atoms with E-state index in [-0.39, 0.29) is 0 Å². The smallest absolute Gasteiger partial charge is 0.213 e. The highest BCUT2D eigenvalue weighted by molar-refractivity contribution is 7.47. The quantitative estimate of drug-likeness (QED) is 0.734. The first-order chi connectivity index (χ1) is 6.20. The number of hydrogen-bond acceptors (Lipinski definition) is 4. The van der Waals surface area contributed by atoms with E-state index >= 15 is 0 Å². The topological polar surface area (TPSA) is 65.4 Å². The summed E-state index contributed by atoms with van der Waals surface area (Å²) in [5.41, 5.74) is 0. The zero-order valence-corrected chi connectivity index (χ0v) is 8.30. The van der Waals surface area contributed by atoms with Crippen molar-refractivity contribution in [2.45, 2.75) is 0 Å². The second kappa shape index (κ2) is 4.21. The van der Waals surface area contributed by atoms with Crippen LogP contribution in [0.4, 0.5) is 0 Å². The summed E-state index contributed by atoms with van der Waals surface area (Å²) in [4.78, 5) is 11.0. The maximum Gasteiger partial charge on any atom is 0.213 e. The Hall–Kier alpha value is -1.12. The Morgan fingerprint density at radius 2 is 2.00 bits per heavy atom. The molecule has 1 atom stereocenters. The lowest BCUT2D eigenvalue weighted by Crippen LogP contribution is -2.08. The molecule has 0 heterocycles. The number of ether oxygens (including phenoxy) is 2. The molecule has 0 spiro atoms. The summed E-state index contributed by atoms with van der Waals surface area (Å²) in [5.74, 6) is 0.872. The number of para-hydroxylation sites is 1. The van der Waals surface area contributed by atoms with Crippen molar-refractivity contribution in [2.24, 2.45) is 0 Å². The van der Waals surface area contributed by atoms with Gasteiger partial charge in [-0.15, -0.1) is 5.16 Å². The second-order valence-corrected chi connectivity index (χ2v) is 3.38. The molecule has 4 nitrogen and oxygen atoms in total. The van der Waals surface area contributed by atoms with Crippen molar-refractivity contribution in [3.63, 3.8) is 0 Å². The fourth-order valence-corrected chi connectivity index (χ4v) is 1.64. The average molecular weight is 199 g/mol.